The van der Waals surface area contributed by atoms with E-state index >= 15 is 0 Å². The summed E-state index contributed by atoms with van der Waals surface area (Å²) in [5, 5.41) is 0. The van der Waals surface area contributed by atoms with Crippen LogP contribution in [0.2, 0.25) is 0 Å². The number of rotatable bonds is 6. The molecule has 0 aromatic heterocycles. The maximum absolute atomic E-state index is 13.0. The van der Waals surface area contributed by atoms with Crippen LogP contribution in [-0.2, 0) is 31.4 Å². The molecule has 0 saturated carbocycles. The van der Waals surface area contributed by atoms with Crippen LogP contribution in [0.3, 0.4) is 0 Å². The van der Waals surface area contributed by atoms with Gasteiger partial charge in [0.05, 0.1) is 22.3 Å². The van der Waals surface area contributed by atoms with Gasteiger partial charge in [0.25, 0.3) is 0 Å². The molecule has 1 saturated heterocycles. The molecular weight excluding hydrogens is 400 g/mol. The van der Waals surface area contributed by atoms with Crippen molar-refractivity contribution in [1.29, 1.82) is 0 Å². The largest absolute Gasteiger partial charge is 0.273 e. The molecule has 1 atom stereocenters. The molecule has 0 bridgehead atoms. The SMILES string of the molecule is CCN(Cc1ccccc1)S(=O)(=O)c1ccc(N2C(=O)[C@H](C)CS2(=O)=O)cc1. The summed E-state index contributed by atoms with van der Waals surface area (Å²) in [7, 11) is -7.49. The molecule has 0 spiro atoms. The van der Waals surface area contributed by atoms with Gasteiger partial charge in [0.15, 0.2) is 0 Å². The molecule has 0 unspecified atom stereocenters. The molecule has 1 amide bonds. The number of nitrogens with zero attached hydrogens (tertiary/aromatic N) is 2. The number of benzene rings is 2. The zero-order chi connectivity index (χ0) is 20.5. The number of anilines is 1. The van der Waals surface area contributed by atoms with Gasteiger partial charge in [-0.3, -0.25) is 4.79 Å². The van der Waals surface area contributed by atoms with Crippen molar-refractivity contribution in [1.82, 2.24) is 4.31 Å². The molecule has 7 nitrogen and oxygen atoms in total. The Balaban J connectivity index is 1.88. The van der Waals surface area contributed by atoms with Crippen molar-refractivity contribution in [3.63, 3.8) is 0 Å². The van der Waals surface area contributed by atoms with E-state index in [0.29, 0.717) is 0 Å². The topological polar surface area (TPSA) is 91.8 Å². The van der Waals surface area contributed by atoms with E-state index in [2.05, 4.69) is 0 Å². The van der Waals surface area contributed by atoms with Crippen LogP contribution in [0.25, 0.3) is 0 Å². The van der Waals surface area contributed by atoms with Gasteiger partial charge in [-0.15, -0.1) is 0 Å². The first kappa shape index (κ1) is 20.5. The van der Waals surface area contributed by atoms with Gasteiger partial charge in [-0.2, -0.15) is 4.31 Å². The van der Waals surface area contributed by atoms with E-state index < -0.39 is 31.9 Å². The molecule has 1 aliphatic heterocycles. The molecule has 2 aromatic rings. The van der Waals surface area contributed by atoms with Crippen molar-refractivity contribution >= 4 is 31.6 Å². The minimum absolute atomic E-state index is 0.0473. The summed E-state index contributed by atoms with van der Waals surface area (Å²) in [4.78, 5) is 12.2. The fourth-order valence-electron chi connectivity index (χ4n) is 3.14. The highest BCUT2D eigenvalue weighted by atomic mass is 32.2. The van der Waals surface area contributed by atoms with E-state index in [-0.39, 0.29) is 29.4 Å². The summed E-state index contributed by atoms with van der Waals surface area (Å²) < 4.78 is 52.4. The fourth-order valence-corrected chi connectivity index (χ4v) is 6.40. The maximum Gasteiger partial charge on any atom is 0.244 e. The number of sulfonamides is 2. The zero-order valence-electron chi connectivity index (χ0n) is 15.6. The lowest BCUT2D eigenvalue weighted by Gasteiger charge is -2.21. The van der Waals surface area contributed by atoms with Gasteiger partial charge in [0.1, 0.15) is 0 Å². The second-order valence-corrected chi connectivity index (χ2v) is 10.5. The average Bonchev–Trinajstić information content (AvgIpc) is 2.87. The Bertz CT molecular complexity index is 1070. The fraction of sp³-hybridized carbons (Fsp3) is 0.316. The van der Waals surface area contributed by atoms with E-state index in [0.717, 1.165) is 9.87 Å². The number of hydrogen-bond donors (Lipinski definition) is 0. The number of carbonyl (C=O) groups excluding carboxylic acids is 1. The summed E-state index contributed by atoms with van der Waals surface area (Å²) in [5.41, 5.74) is 1.02. The van der Waals surface area contributed by atoms with Gasteiger partial charge in [-0.25, -0.2) is 21.1 Å². The second-order valence-electron chi connectivity index (χ2n) is 6.69. The van der Waals surface area contributed by atoms with Gasteiger partial charge in [-0.1, -0.05) is 44.2 Å². The Morgan fingerprint density at radius 1 is 1.07 bits per heavy atom. The Hall–Kier alpha value is -2.23. The average molecular weight is 423 g/mol. The lowest BCUT2D eigenvalue weighted by atomic mass is 10.2. The zero-order valence-corrected chi connectivity index (χ0v) is 17.3. The van der Waals surface area contributed by atoms with Crippen LogP contribution in [-0.4, -0.2) is 39.3 Å². The van der Waals surface area contributed by atoms with Gasteiger partial charge in [0.2, 0.25) is 26.0 Å². The summed E-state index contributed by atoms with van der Waals surface area (Å²) in [6.45, 7) is 3.83. The van der Waals surface area contributed by atoms with Gasteiger partial charge < -0.3 is 0 Å². The first-order valence-corrected chi connectivity index (χ1v) is 11.9. The lowest BCUT2D eigenvalue weighted by Crippen LogP contribution is -2.31. The quantitative estimate of drug-likeness (QED) is 0.712. The van der Waals surface area contributed by atoms with E-state index in [1.165, 1.54) is 28.6 Å². The maximum atomic E-state index is 13.0. The highest BCUT2D eigenvalue weighted by Gasteiger charge is 2.42. The standard InChI is InChI=1S/C19H22N2O5S2/c1-3-20(13-16-7-5-4-6-8-16)28(25,26)18-11-9-17(10-12-18)21-19(22)15(2)14-27(21,23)24/h4-12,15H,3,13-14H2,1-2H3/t15-/m1/s1. The van der Waals surface area contributed by atoms with Gasteiger partial charge in [-0.05, 0) is 29.8 Å². The van der Waals surface area contributed by atoms with Crippen LogP contribution in [0.15, 0.2) is 59.5 Å². The minimum Gasteiger partial charge on any atom is -0.273 e. The van der Waals surface area contributed by atoms with Crippen molar-refractivity contribution in [2.75, 3.05) is 16.6 Å². The monoisotopic (exact) mass is 422 g/mol. The number of carbonyl (C=O) groups is 1. The van der Waals surface area contributed by atoms with Crippen LogP contribution in [0.4, 0.5) is 5.69 Å². The van der Waals surface area contributed by atoms with Crippen LogP contribution < -0.4 is 4.31 Å². The molecule has 28 heavy (non-hydrogen) atoms. The third-order valence-corrected chi connectivity index (χ3v) is 8.43. The van der Waals surface area contributed by atoms with Crippen molar-refractivity contribution < 1.29 is 21.6 Å². The second kappa shape index (κ2) is 7.65. The third kappa shape index (κ3) is 3.82. The van der Waals surface area contributed by atoms with E-state index in [1.807, 2.05) is 30.3 Å². The summed E-state index contributed by atoms with van der Waals surface area (Å²) in [6, 6.07) is 14.7. The normalized spacial score (nSPS) is 19.3. The molecule has 1 aliphatic rings. The van der Waals surface area contributed by atoms with E-state index in [9.17, 15) is 21.6 Å². The Morgan fingerprint density at radius 3 is 2.18 bits per heavy atom. The molecular formula is C19H22N2O5S2. The Kier molecular flexibility index (Phi) is 5.60. The van der Waals surface area contributed by atoms with Crippen LogP contribution >= 0.6 is 0 Å². The molecule has 3 rings (SSSR count). The minimum atomic E-state index is -3.76. The molecule has 1 fully saturated rings. The van der Waals surface area contributed by atoms with Gasteiger partial charge in [0, 0.05) is 13.1 Å². The van der Waals surface area contributed by atoms with E-state index in [1.54, 1.807) is 13.8 Å². The van der Waals surface area contributed by atoms with Crippen LogP contribution in [0, 0.1) is 5.92 Å². The first-order valence-electron chi connectivity index (χ1n) is 8.88. The third-order valence-electron chi connectivity index (χ3n) is 4.62. The molecule has 0 radical (unpaired) electrons. The molecule has 150 valence electrons. The number of hydrogen-bond acceptors (Lipinski definition) is 5. The first-order chi connectivity index (χ1) is 13.2. The Morgan fingerprint density at radius 2 is 1.68 bits per heavy atom. The lowest BCUT2D eigenvalue weighted by molar-refractivity contribution is -0.119. The van der Waals surface area contributed by atoms with Crippen LogP contribution in [0.5, 0.6) is 0 Å². The van der Waals surface area contributed by atoms with Crippen molar-refractivity contribution in [2.45, 2.75) is 25.3 Å². The summed E-state index contributed by atoms with van der Waals surface area (Å²) in [5.74, 6) is -1.36. The Labute approximate surface area is 165 Å². The number of amides is 1. The van der Waals surface area contributed by atoms with E-state index in [4.69, 9.17) is 0 Å². The predicted molar refractivity (Wildman–Crippen MR) is 107 cm³/mol. The highest BCUT2D eigenvalue weighted by Crippen LogP contribution is 2.29. The van der Waals surface area contributed by atoms with Crippen molar-refractivity contribution in [3.8, 4) is 0 Å². The molecule has 0 N–H and O–H groups in total. The van der Waals surface area contributed by atoms with Crippen molar-refractivity contribution in [3.05, 3.63) is 60.2 Å². The molecule has 2 aromatic carbocycles. The van der Waals surface area contributed by atoms with Crippen molar-refractivity contribution in [2.24, 2.45) is 5.92 Å². The summed E-state index contributed by atoms with van der Waals surface area (Å²) in [6.07, 6.45) is 0. The molecule has 1 heterocycles. The molecule has 0 aliphatic carbocycles. The molecule has 9 heteroatoms. The predicted octanol–water partition coefficient (Wildman–Crippen LogP) is 2.21. The van der Waals surface area contributed by atoms with Gasteiger partial charge >= 0.3 is 0 Å². The van der Waals surface area contributed by atoms with Crippen LogP contribution in [0.1, 0.15) is 19.4 Å². The highest BCUT2D eigenvalue weighted by molar-refractivity contribution is 7.94. The smallest absolute Gasteiger partial charge is 0.244 e. The summed E-state index contributed by atoms with van der Waals surface area (Å²) >= 11 is 0.